The van der Waals surface area contributed by atoms with Crippen molar-refractivity contribution in [2.45, 2.75) is 0 Å². The molecule has 1 fully saturated rings. The van der Waals surface area contributed by atoms with Crippen LogP contribution in [0.5, 0.6) is 11.5 Å². The van der Waals surface area contributed by atoms with Gasteiger partial charge in [-0.15, -0.1) is 5.10 Å². The van der Waals surface area contributed by atoms with Gasteiger partial charge in [-0.2, -0.15) is 4.79 Å². The molecular formula is C24H26N8O2. The lowest BCUT2D eigenvalue weighted by molar-refractivity contribution is -0.130. The minimum atomic E-state index is 0.0949. The van der Waals surface area contributed by atoms with Gasteiger partial charge in [0.05, 0.1) is 25.0 Å². The van der Waals surface area contributed by atoms with E-state index in [2.05, 4.69) is 20.3 Å². The Morgan fingerprint density at radius 3 is 2.41 bits per heavy atom. The van der Waals surface area contributed by atoms with Gasteiger partial charge in [0.15, 0.2) is 5.65 Å². The lowest BCUT2D eigenvalue weighted by Crippen LogP contribution is -2.54. The molecule has 4 aromatic rings. The molecule has 0 bridgehead atoms. The minimum Gasteiger partial charge on any atom is -0.457 e. The Morgan fingerprint density at radius 1 is 1.00 bits per heavy atom. The quantitative estimate of drug-likeness (QED) is 0.450. The Kier molecular flexibility index (Phi) is 5.96. The summed E-state index contributed by atoms with van der Waals surface area (Å²) in [5, 5.41) is 10.6. The van der Waals surface area contributed by atoms with Crippen LogP contribution in [0.3, 0.4) is 0 Å². The predicted octanol–water partition coefficient (Wildman–Crippen LogP) is 1.87. The molecule has 1 aliphatic rings. The van der Waals surface area contributed by atoms with Crippen LogP contribution in [0, 0.1) is 0 Å². The number of hydrogen-bond acceptors (Lipinski definition) is 8. The van der Waals surface area contributed by atoms with Crippen LogP contribution >= 0.6 is 0 Å². The molecule has 174 valence electrons. The van der Waals surface area contributed by atoms with E-state index in [0.717, 1.165) is 17.1 Å². The molecule has 1 amide bonds. The van der Waals surface area contributed by atoms with Crippen molar-refractivity contribution in [3.05, 3.63) is 60.9 Å². The maximum Gasteiger partial charge on any atom is 0.236 e. The molecule has 1 saturated heterocycles. The van der Waals surface area contributed by atoms with E-state index in [9.17, 15) is 4.79 Å². The molecule has 0 atom stereocenters. The number of carbonyl (C=O) groups is 1. The third kappa shape index (κ3) is 4.23. The van der Waals surface area contributed by atoms with E-state index < -0.39 is 0 Å². The first-order valence-corrected chi connectivity index (χ1v) is 11.1. The van der Waals surface area contributed by atoms with E-state index in [4.69, 9.17) is 15.6 Å². The fourth-order valence-electron chi connectivity index (χ4n) is 4.06. The van der Waals surface area contributed by atoms with Gasteiger partial charge in [0.2, 0.25) is 5.91 Å². The van der Waals surface area contributed by atoms with Crippen LogP contribution in [0.25, 0.3) is 22.3 Å². The highest BCUT2D eigenvalue weighted by Crippen LogP contribution is 2.32. The molecule has 0 saturated carbocycles. The number of para-hydroxylation sites is 1. The largest absolute Gasteiger partial charge is 0.457 e. The molecular weight excluding hydrogens is 432 g/mol. The van der Waals surface area contributed by atoms with Crippen LogP contribution in [0.1, 0.15) is 0 Å². The van der Waals surface area contributed by atoms with Gasteiger partial charge in [-0.3, -0.25) is 9.80 Å². The molecule has 2 aromatic heterocycles. The van der Waals surface area contributed by atoms with E-state index in [1.165, 1.54) is 6.33 Å². The summed E-state index contributed by atoms with van der Waals surface area (Å²) in [7, 11) is 1.77. The van der Waals surface area contributed by atoms with E-state index in [-0.39, 0.29) is 5.91 Å². The van der Waals surface area contributed by atoms with Gasteiger partial charge in [-0.05, 0) is 43.4 Å². The highest BCUT2D eigenvalue weighted by atomic mass is 16.5. The van der Waals surface area contributed by atoms with Gasteiger partial charge in [-0.25, -0.2) is 9.97 Å². The van der Waals surface area contributed by atoms with Crippen molar-refractivity contribution in [3.8, 4) is 22.8 Å². The zero-order chi connectivity index (χ0) is 23.5. The van der Waals surface area contributed by atoms with Gasteiger partial charge < -0.3 is 20.7 Å². The molecule has 0 aliphatic carbocycles. The molecule has 0 unspecified atom stereocenters. The van der Waals surface area contributed by atoms with Crippen molar-refractivity contribution in [2.24, 2.45) is 0 Å². The number of nitrogens with one attached hydrogen (secondary N) is 1. The summed E-state index contributed by atoms with van der Waals surface area (Å²) in [6, 6.07) is 17.3. The first kappa shape index (κ1) is 21.7. The number of likely N-dealkylation sites (N-methyl/N-ethyl adjacent to an activating group) is 1. The van der Waals surface area contributed by atoms with E-state index >= 15 is 0 Å². The van der Waals surface area contributed by atoms with Crippen molar-refractivity contribution in [1.29, 1.82) is 0 Å². The molecule has 2 aromatic carbocycles. The Labute approximate surface area is 196 Å². The SMILES string of the molecule is CNCC(=O)N1CCN(n2nc(-c3ccc(Oc4ccccc4)cc3)c3c(N)ncnc32)CC1. The molecule has 3 heterocycles. The van der Waals surface area contributed by atoms with Crippen molar-refractivity contribution < 1.29 is 9.53 Å². The highest BCUT2D eigenvalue weighted by Gasteiger charge is 2.25. The summed E-state index contributed by atoms with van der Waals surface area (Å²) in [6.45, 7) is 2.84. The monoisotopic (exact) mass is 458 g/mol. The first-order valence-electron chi connectivity index (χ1n) is 11.1. The van der Waals surface area contributed by atoms with E-state index in [1.807, 2.05) is 59.5 Å². The summed E-state index contributed by atoms with van der Waals surface area (Å²) >= 11 is 0. The van der Waals surface area contributed by atoms with Crippen molar-refractivity contribution >= 4 is 22.8 Å². The summed E-state index contributed by atoms with van der Waals surface area (Å²) in [4.78, 5) is 24.5. The van der Waals surface area contributed by atoms with Crippen LogP contribution in [0.4, 0.5) is 5.82 Å². The summed E-state index contributed by atoms with van der Waals surface area (Å²) < 4.78 is 5.91. The average molecular weight is 459 g/mol. The molecule has 10 nitrogen and oxygen atoms in total. The van der Waals surface area contributed by atoms with Gasteiger partial charge in [0.25, 0.3) is 0 Å². The zero-order valence-electron chi connectivity index (χ0n) is 18.9. The number of amides is 1. The molecule has 34 heavy (non-hydrogen) atoms. The smallest absolute Gasteiger partial charge is 0.236 e. The van der Waals surface area contributed by atoms with Gasteiger partial charge in [0, 0.05) is 18.7 Å². The van der Waals surface area contributed by atoms with Crippen LogP contribution in [0.2, 0.25) is 0 Å². The second-order valence-electron chi connectivity index (χ2n) is 8.00. The van der Waals surface area contributed by atoms with Crippen LogP contribution < -0.4 is 20.8 Å². The van der Waals surface area contributed by atoms with Crippen LogP contribution in [-0.4, -0.2) is 70.4 Å². The second kappa shape index (κ2) is 9.36. The molecule has 10 heteroatoms. The van der Waals surface area contributed by atoms with Gasteiger partial charge in [0.1, 0.15) is 29.3 Å². The number of carbonyl (C=O) groups excluding carboxylic acids is 1. The predicted molar refractivity (Wildman–Crippen MR) is 130 cm³/mol. The second-order valence-corrected chi connectivity index (χ2v) is 8.00. The number of benzene rings is 2. The number of aromatic nitrogens is 4. The number of fused-ring (bicyclic) bond motifs is 1. The molecule has 1 aliphatic heterocycles. The van der Waals surface area contributed by atoms with Crippen molar-refractivity contribution in [1.82, 2.24) is 30.1 Å². The van der Waals surface area contributed by atoms with E-state index in [0.29, 0.717) is 55.3 Å². The first-order chi connectivity index (χ1) is 16.6. The Morgan fingerprint density at radius 2 is 1.71 bits per heavy atom. The van der Waals surface area contributed by atoms with Crippen LogP contribution in [-0.2, 0) is 4.79 Å². The summed E-state index contributed by atoms with van der Waals surface area (Å²) in [5.41, 5.74) is 8.48. The fourth-order valence-corrected chi connectivity index (χ4v) is 4.06. The molecule has 5 rings (SSSR count). The zero-order valence-corrected chi connectivity index (χ0v) is 18.9. The number of nitrogens with zero attached hydrogens (tertiary/aromatic N) is 6. The summed E-state index contributed by atoms with van der Waals surface area (Å²) in [6.07, 6.45) is 1.45. The molecule has 0 spiro atoms. The average Bonchev–Trinajstić information content (AvgIpc) is 3.26. The topological polar surface area (TPSA) is 114 Å². The van der Waals surface area contributed by atoms with Gasteiger partial charge in [-0.1, -0.05) is 18.2 Å². The number of piperazine rings is 1. The Balaban J connectivity index is 1.42. The molecule has 0 radical (unpaired) electrons. The minimum absolute atomic E-state index is 0.0949. The van der Waals surface area contributed by atoms with Crippen molar-refractivity contribution in [2.75, 3.05) is 50.5 Å². The number of anilines is 1. The van der Waals surface area contributed by atoms with E-state index in [1.54, 1.807) is 11.8 Å². The summed E-state index contributed by atoms with van der Waals surface area (Å²) in [5.74, 6) is 1.97. The lowest BCUT2D eigenvalue weighted by atomic mass is 10.1. The number of nitrogens with two attached hydrogens (primary N) is 1. The van der Waals surface area contributed by atoms with Gasteiger partial charge >= 0.3 is 0 Å². The number of hydrogen-bond donors (Lipinski definition) is 2. The van der Waals surface area contributed by atoms with Crippen molar-refractivity contribution in [3.63, 3.8) is 0 Å². The lowest BCUT2D eigenvalue weighted by Gasteiger charge is -2.35. The molecule has 3 N–H and O–H groups in total. The number of nitrogen functional groups attached to an aromatic ring is 1. The third-order valence-corrected chi connectivity index (χ3v) is 5.79. The normalized spacial score (nSPS) is 13.9. The number of rotatable bonds is 6. The van der Waals surface area contributed by atoms with Crippen LogP contribution in [0.15, 0.2) is 60.9 Å². The fraction of sp³-hybridized carbons (Fsp3) is 0.250. The highest BCUT2D eigenvalue weighted by molar-refractivity contribution is 5.98. The Bertz CT molecular complexity index is 1280. The third-order valence-electron chi connectivity index (χ3n) is 5.79. The standard InChI is InChI=1S/C24H26N8O2/c1-26-15-20(33)30-11-13-31(14-12-30)32-24-21(23(25)27-16-28-24)22(29-32)17-7-9-19(10-8-17)34-18-5-3-2-4-6-18/h2-10,16,26H,11-15H2,1H3,(H2,25,27,28). The maximum atomic E-state index is 12.2. The Hall–Kier alpha value is -4.18. The maximum absolute atomic E-state index is 12.2. The number of ether oxygens (including phenoxy) is 1.